The summed E-state index contributed by atoms with van der Waals surface area (Å²) < 4.78 is 25.1. The number of amides is 1. The monoisotopic (exact) mass is 314 g/mol. The fourth-order valence-electron chi connectivity index (χ4n) is 1.73. The molecule has 0 spiro atoms. The van der Waals surface area contributed by atoms with Crippen LogP contribution in [0.2, 0.25) is 0 Å². The van der Waals surface area contributed by atoms with Crippen LogP contribution in [0.5, 0.6) is 0 Å². The summed E-state index contributed by atoms with van der Waals surface area (Å²) in [5, 5.41) is 2.97. The number of nitrogen functional groups attached to an aromatic ring is 1. The summed E-state index contributed by atoms with van der Waals surface area (Å²) in [6, 6.07) is 3.94. The first kappa shape index (κ1) is 17.3. The van der Waals surface area contributed by atoms with Gasteiger partial charge >= 0.3 is 0 Å². The molecule has 0 aliphatic heterocycles. The zero-order valence-electron chi connectivity index (χ0n) is 12.9. The number of carbonyl (C=O) groups is 1. The van der Waals surface area contributed by atoms with Gasteiger partial charge in [0.15, 0.2) is 0 Å². The Balaban J connectivity index is 3.02. The number of benzene rings is 1. The van der Waals surface area contributed by atoms with Gasteiger partial charge in [-0.3, -0.25) is 4.79 Å². The minimum Gasteiger partial charge on any atom is -0.397 e. The fraction of sp³-hybridized carbons (Fsp3) is 0.462. The van der Waals surface area contributed by atoms with E-state index in [2.05, 4.69) is 5.32 Å². The molecule has 21 heavy (non-hydrogen) atoms. The van der Waals surface area contributed by atoms with Gasteiger partial charge in [-0.25, -0.2) is 12.7 Å². The van der Waals surface area contributed by atoms with Crippen LogP contribution in [0.4, 0.5) is 11.4 Å². The smallest absolute Gasteiger partial charge is 0.244 e. The van der Waals surface area contributed by atoms with E-state index in [4.69, 9.17) is 5.73 Å². The Labute approximate surface area is 125 Å². The van der Waals surface area contributed by atoms with Gasteiger partial charge in [-0.1, -0.05) is 0 Å². The second-order valence-electron chi connectivity index (χ2n) is 5.14. The highest BCUT2D eigenvalue weighted by Gasteiger charge is 2.20. The van der Waals surface area contributed by atoms with Crippen molar-refractivity contribution in [2.45, 2.75) is 17.9 Å². The van der Waals surface area contributed by atoms with E-state index in [-0.39, 0.29) is 16.5 Å². The van der Waals surface area contributed by atoms with Gasteiger partial charge in [0.2, 0.25) is 15.9 Å². The Bertz CT molecular complexity index is 626. The highest BCUT2D eigenvalue weighted by atomic mass is 32.2. The summed E-state index contributed by atoms with van der Waals surface area (Å²) in [7, 11) is 2.71. The normalized spacial score (nSPS) is 13.0. The van der Waals surface area contributed by atoms with Gasteiger partial charge in [0.05, 0.1) is 16.3 Å². The average Bonchev–Trinajstić information content (AvgIpc) is 2.39. The van der Waals surface area contributed by atoms with E-state index in [1.165, 1.54) is 31.1 Å². The molecule has 1 atom stereocenters. The third-order valence-corrected chi connectivity index (χ3v) is 4.80. The van der Waals surface area contributed by atoms with Gasteiger partial charge in [0, 0.05) is 28.2 Å². The lowest BCUT2D eigenvalue weighted by molar-refractivity contribution is -0.129. The zero-order chi connectivity index (χ0) is 16.4. The predicted octanol–water partition coefficient (Wildman–Crippen LogP) is 0.408. The molecule has 0 saturated carbocycles. The number of hydrogen-bond donors (Lipinski definition) is 2. The lowest BCUT2D eigenvalue weighted by Crippen LogP contribution is -2.36. The SMILES string of the molecule is CC(Nc1ccc(S(=O)(=O)N(C)C)cc1N)C(=O)N(C)C. The molecule has 118 valence electrons. The van der Waals surface area contributed by atoms with Gasteiger partial charge in [-0.05, 0) is 25.1 Å². The van der Waals surface area contributed by atoms with Crippen LogP contribution in [0.1, 0.15) is 6.92 Å². The van der Waals surface area contributed by atoms with Gasteiger partial charge in [-0.2, -0.15) is 0 Å². The molecule has 1 aromatic carbocycles. The van der Waals surface area contributed by atoms with Crippen LogP contribution in [0, 0.1) is 0 Å². The largest absolute Gasteiger partial charge is 0.397 e. The summed E-state index contributed by atoms with van der Waals surface area (Å²) >= 11 is 0. The summed E-state index contributed by atoms with van der Waals surface area (Å²) in [5.41, 5.74) is 6.67. The quantitative estimate of drug-likeness (QED) is 0.767. The molecule has 0 aromatic heterocycles. The third-order valence-electron chi connectivity index (χ3n) is 2.98. The van der Waals surface area contributed by atoms with Gasteiger partial charge in [-0.15, -0.1) is 0 Å². The second-order valence-corrected chi connectivity index (χ2v) is 7.29. The molecule has 1 rings (SSSR count). The number of nitrogens with one attached hydrogen (secondary N) is 1. The van der Waals surface area contributed by atoms with Crippen molar-refractivity contribution in [2.75, 3.05) is 39.2 Å². The number of likely N-dealkylation sites (N-methyl/N-ethyl adjacent to an activating group) is 1. The van der Waals surface area contributed by atoms with E-state index in [9.17, 15) is 13.2 Å². The zero-order valence-corrected chi connectivity index (χ0v) is 13.7. The van der Waals surface area contributed by atoms with Crippen LogP contribution < -0.4 is 11.1 Å². The van der Waals surface area contributed by atoms with Crippen LogP contribution >= 0.6 is 0 Å². The molecule has 0 bridgehead atoms. The van der Waals surface area contributed by atoms with Crippen molar-refractivity contribution in [2.24, 2.45) is 0 Å². The summed E-state index contributed by atoms with van der Waals surface area (Å²) in [6.45, 7) is 1.71. The Morgan fingerprint density at radius 1 is 1.24 bits per heavy atom. The summed E-state index contributed by atoms with van der Waals surface area (Å²) in [5.74, 6) is -0.0978. The molecule has 0 saturated heterocycles. The molecule has 0 fully saturated rings. The topological polar surface area (TPSA) is 95.7 Å². The maximum Gasteiger partial charge on any atom is 0.244 e. The molecule has 8 heteroatoms. The minimum atomic E-state index is -3.52. The number of carbonyl (C=O) groups excluding carboxylic acids is 1. The first-order valence-corrected chi connectivity index (χ1v) is 7.81. The third kappa shape index (κ3) is 3.85. The molecular weight excluding hydrogens is 292 g/mol. The van der Waals surface area contributed by atoms with Crippen molar-refractivity contribution in [3.63, 3.8) is 0 Å². The van der Waals surface area contributed by atoms with Crippen molar-refractivity contribution >= 4 is 27.3 Å². The predicted molar refractivity (Wildman–Crippen MR) is 83.5 cm³/mol. The molecular formula is C13H22N4O3S. The Morgan fingerprint density at radius 3 is 2.24 bits per heavy atom. The van der Waals surface area contributed by atoms with E-state index in [1.807, 2.05) is 0 Å². The van der Waals surface area contributed by atoms with Crippen LogP contribution in [0.3, 0.4) is 0 Å². The van der Waals surface area contributed by atoms with Gasteiger partial charge in [0.1, 0.15) is 6.04 Å². The highest BCUT2D eigenvalue weighted by molar-refractivity contribution is 7.89. The molecule has 0 radical (unpaired) electrons. The Kier molecular flexibility index (Phi) is 5.19. The maximum atomic E-state index is 12.0. The van der Waals surface area contributed by atoms with E-state index in [1.54, 1.807) is 27.1 Å². The molecule has 0 aliphatic rings. The first-order chi connectivity index (χ1) is 9.57. The lowest BCUT2D eigenvalue weighted by atomic mass is 10.2. The van der Waals surface area contributed by atoms with Crippen LogP contribution in [0.15, 0.2) is 23.1 Å². The standard InChI is InChI=1S/C13H22N4O3S/c1-9(13(18)16(2)3)15-12-7-6-10(8-11(12)14)21(19,20)17(4)5/h6-9,15H,14H2,1-5H3. The molecule has 7 nitrogen and oxygen atoms in total. The van der Waals surface area contributed by atoms with Crippen molar-refractivity contribution in [3.8, 4) is 0 Å². The average molecular weight is 314 g/mol. The molecule has 1 unspecified atom stereocenters. The number of nitrogens with zero attached hydrogens (tertiary/aromatic N) is 2. The number of hydrogen-bond acceptors (Lipinski definition) is 5. The fourth-order valence-corrected chi connectivity index (χ4v) is 2.66. The number of rotatable bonds is 5. The minimum absolute atomic E-state index is 0.0978. The van der Waals surface area contributed by atoms with Crippen LogP contribution in [0.25, 0.3) is 0 Å². The Morgan fingerprint density at radius 2 is 1.81 bits per heavy atom. The van der Waals surface area contributed by atoms with Crippen LogP contribution in [-0.4, -0.2) is 57.8 Å². The summed E-state index contributed by atoms with van der Waals surface area (Å²) in [4.78, 5) is 13.4. The molecule has 3 N–H and O–H groups in total. The van der Waals surface area contributed by atoms with Crippen LogP contribution in [-0.2, 0) is 14.8 Å². The highest BCUT2D eigenvalue weighted by Crippen LogP contribution is 2.24. The molecule has 1 aromatic rings. The number of nitrogens with two attached hydrogens (primary N) is 1. The van der Waals surface area contributed by atoms with Crippen molar-refractivity contribution in [1.82, 2.24) is 9.21 Å². The van der Waals surface area contributed by atoms with E-state index < -0.39 is 16.1 Å². The van der Waals surface area contributed by atoms with E-state index >= 15 is 0 Å². The molecule has 1 amide bonds. The maximum absolute atomic E-state index is 12.0. The van der Waals surface area contributed by atoms with Gasteiger partial charge in [0.25, 0.3) is 0 Å². The lowest BCUT2D eigenvalue weighted by Gasteiger charge is -2.20. The number of sulfonamides is 1. The molecule has 0 heterocycles. The van der Waals surface area contributed by atoms with Crippen molar-refractivity contribution < 1.29 is 13.2 Å². The van der Waals surface area contributed by atoms with Crippen molar-refractivity contribution in [3.05, 3.63) is 18.2 Å². The van der Waals surface area contributed by atoms with E-state index in [0.717, 1.165) is 4.31 Å². The summed E-state index contributed by atoms with van der Waals surface area (Å²) in [6.07, 6.45) is 0. The van der Waals surface area contributed by atoms with Gasteiger partial charge < -0.3 is 16.0 Å². The Hall–Kier alpha value is -1.80. The van der Waals surface area contributed by atoms with Crippen molar-refractivity contribution in [1.29, 1.82) is 0 Å². The number of anilines is 2. The molecule has 0 aliphatic carbocycles. The van der Waals surface area contributed by atoms with E-state index in [0.29, 0.717) is 5.69 Å². The second kappa shape index (κ2) is 6.31. The first-order valence-electron chi connectivity index (χ1n) is 6.37.